The van der Waals surface area contributed by atoms with Crippen LogP contribution in [0.5, 0.6) is 0 Å². The fourth-order valence-electron chi connectivity index (χ4n) is 3.72. The zero-order chi connectivity index (χ0) is 28.0. The summed E-state index contributed by atoms with van der Waals surface area (Å²) in [5.41, 5.74) is 3.73. The van der Waals surface area contributed by atoms with Gasteiger partial charge >= 0.3 is 6.18 Å². The molecule has 0 saturated carbocycles. The summed E-state index contributed by atoms with van der Waals surface area (Å²) in [5, 5.41) is 0. The monoisotopic (exact) mass is 559 g/mol. The Morgan fingerprint density at radius 3 is 2.16 bits per heavy atom. The highest BCUT2D eigenvalue weighted by atomic mass is 32.2. The standard InChI is InChI=1S/C23H24F3N3O6S2/c1-22(2,3)29-20(30)13-19(37(29,34)35)15-9-7-14(8-10-15)11-18(21(27)31)28-36(32,33)17-6-4-5-16(12-17)23(24,25)26/h4-10,12-13,18,28H,11H2,1-3H3,(H2,27,31)/t18-/m0/s1. The van der Waals surface area contributed by atoms with Crippen LogP contribution in [0, 0.1) is 0 Å². The molecule has 9 nitrogen and oxygen atoms in total. The van der Waals surface area contributed by atoms with Gasteiger partial charge in [0.2, 0.25) is 15.9 Å². The van der Waals surface area contributed by atoms with E-state index in [1.807, 2.05) is 4.72 Å². The molecule has 37 heavy (non-hydrogen) atoms. The Hall–Kier alpha value is -3.23. The molecular formula is C23H24F3N3O6S2. The molecule has 0 bridgehead atoms. The Balaban J connectivity index is 1.83. The van der Waals surface area contributed by atoms with Gasteiger partial charge < -0.3 is 5.73 Å². The van der Waals surface area contributed by atoms with E-state index < -0.39 is 60.1 Å². The molecule has 0 fully saturated rings. The first-order valence-corrected chi connectivity index (χ1v) is 13.7. The summed E-state index contributed by atoms with van der Waals surface area (Å²) in [6.45, 7) is 4.73. The summed E-state index contributed by atoms with van der Waals surface area (Å²) < 4.78 is 92.9. The lowest BCUT2D eigenvalue weighted by Gasteiger charge is -2.30. The van der Waals surface area contributed by atoms with E-state index in [1.165, 1.54) is 24.3 Å². The molecular weight excluding hydrogens is 535 g/mol. The Morgan fingerprint density at radius 1 is 1.08 bits per heavy atom. The number of sulfonamides is 2. The van der Waals surface area contributed by atoms with Crippen LogP contribution in [0.3, 0.4) is 0 Å². The van der Waals surface area contributed by atoms with Crippen LogP contribution in [0.25, 0.3) is 4.91 Å². The third kappa shape index (κ3) is 6.02. The Bertz CT molecular complexity index is 1480. The van der Waals surface area contributed by atoms with Crippen LogP contribution in [0.15, 0.2) is 59.5 Å². The highest BCUT2D eigenvalue weighted by Gasteiger charge is 2.44. The molecule has 1 aliphatic rings. The first kappa shape index (κ1) is 28.3. The summed E-state index contributed by atoms with van der Waals surface area (Å²) in [4.78, 5) is 23.4. The van der Waals surface area contributed by atoms with Crippen molar-refractivity contribution in [2.45, 2.75) is 49.8 Å². The molecule has 3 N–H and O–H groups in total. The van der Waals surface area contributed by atoms with Gasteiger partial charge in [0.1, 0.15) is 10.9 Å². The fourth-order valence-corrected chi connectivity index (χ4v) is 6.86. The van der Waals surface area contributed by atoms with Crippen molar-refractivity contribution in [1.29, 1.82) is 0 Å². The number of halogens is 3. The molecule has 1 atom stereocenters. The van der Waals surface area contributed by atoms with Crippen LogP contribution in [0.1, 0.15) is 37.5 Å². The predicted molar refractivity (Wildman–Crippen MR) is 128 cm³/mol. The molecule has 0 radical (unpaired) electrons. The molecule has 2 aromatic rings. The van der Waals surface area contributed by atoms with Crippen molar-refractivity contribution in [1.82, 2.24) is 9.03 Å². The predicted octanol–water partition coefficient (Wildman–Crippen LogP) is 2.39. The van der Waals surface area contributed by atoms with Gasteiger partial charge in [-0.25, -0.2) is 21.1 Å². The van der Waals surface area contributed by atoms with Crippen LogP contribution in [-0.4, -0.2) is 44.5 Å². The highest BCUT2D eigenvalue weighted by molar-refractivity contribution is 7.99. The van der Waals surface area contributed by atoms with Gasteiger partial charge in [0.15, 0.2) is 0 Å². The van der Waals surface area contributed by atoms with E-state index in [0.717, 1.165) is 22.5 Å². The van der Waals surface area contributed by atoms with E-state index in [9.17, 15) is 39.6 Å². The van der Waals surface area contributed by atoms with Gasteiger partial charge in [0, 0.05) is 6.08 Å². The van der Waals surface area contributed by atoms with Crippen molar-refractivity contribution in [2.75, 3.05) is 0 Å². The van der Waals surface area contributed by atoms with Crippen molar-refractivity contribution in [3.8, 4) is 0 Å². The average Bonchev–Trinajstić information content (AvgIpc) is 3.01. The van der Waals surface area contributed by atoms with Crippen LogP contribution < -0.4 is 10.5 Å². The summed E-state index contributed by atoms with van der Waals surface area (Å²) >= 11 is 0. The van der Waals surface area contributed by atoms with Crippen LogP contribution in [0.2, 0.25) is 0 Å². The normalized spacial score (nSPS) is 17.0. The van der Waals surface area contributed by atoms with Gasteiger partial charge in [0.05, 0.1) is 16.0 Å². The van der Waals surface area contributed by atoms with E-state index >= 15 is 0 Å². The maximum absolute atomic E-state index is 13.0. The number of alkyl halides is 3. The summed E-state index contributed by atoms with van der Waals surface area (Å²) in [6.07, 6.45) is -4.04. The molecule has 1 aliphatic heterocycles. The zero-order valence-corrected chi connectivity index (χ0v) is 21.5. The maximum Gasteiger partial charge on any atom is 0.416 e. The van der Waals surface area contributed by atoms with Crippen LogP contribution >= 0.6 is 0 Å². The molecule has 0 aliphatic carbocycles. The summed E-state index contributed by atoms with van der Waals surface area (Å²) in [7, 11) is -8.66. The lowest BCUT2D eigenvalue weighted by atomic mass is 10.0. The fraction of sp³-hybridized carbons (Fsp3) is 0.304. The van der Waals surface area contributed by atoms with Gasteiger partial charge in [0.25, 0.3) is 15.9 Å². The largest absolute Gasteiger partial charge is 0.416 e. The molecule has 0 unspecified atom stereocenters. The number of primary amides is 1. The number of nitrogens with two attached hydrogens (primary N) is 1. The first-order valence-electron chi connectivity index (χ1n) is 10.7. The zero-order valence-electron chi connectivity index (χ0n) is 19.9. The number of nitrogens with one attached hydrogen (secondary N) is 1. The average molecular weight is 560 g/mol. The SMILES string of the molecule is CC(C)(C)N1C(=O)C=C(c2ccc(C[C@H](NS(=O)(=O)c3cccc(C(F)(F)F)c3)C(N)=O)cc2)S1(=O)=O. The Labute approximate surface area is 212 Å². The molecule has 0 spiro atoms. The number of hydrogen-bond donors (Lipinski definition) is 2. The molecule has 0 saturated heterocycles. The molecule has 3 rings (SSSR count). The summed E-state index contributed by atoms with van der Waals surface area (Å²) in [5.74, 6) is -1.77. The Kier molecular flexibility index (Phi) is 7.34. The number of rotatable bonds is 7. The quantitative estimate of drug-likeness (QED) is 0.533. The minimum Gasteiger partial charge on any atom is -0.368 e. The number of nitrogens with zero attached hydrogens (tertiary/aromatic N) is 1. The van der Waals surface area contributed by atoms with E-state index in [0.29, 0.717) is 17.7 Å². The second-order valence-corrected chi connectivity index (χ2v) is 12.8. The summed E-state index contributed by atoms with van der Waals surface area (Å²) in [6, 6.07) is 7.12. The molecule has 2 aromatic carbocycles. The van der Waals surface area contributed by atoms with Gasteiger partial charge in [-0.3, -0.25) is 9.59 Å². The smallest absolute Gasteiger partial charge is 0.368 e. The molecule has 2 amide bonds. The van der Waals surface area contributed by atoms with Gasteiger partial charge in [-0.1, -0.05) is 30.3 Å². The van der Waals surface area contributed by atoms with E-state index in [4.69, 9.17) is 5.73 Å². The lowest BCUT2D eigenvalue weighted by molar-refractivity contribution is -0.137. The third-order valence-corrected chi connectivity index (χ3v) is 8.96. The van der Waals surface area contributed by atoms with Crippen molar-refractivity contribution < 1.29 is 39.6 Å². The van der Waals surface area contributed by atoms with Crippen molar-refractivity contribution in [2.24, 2.45) is 5.73 Å². The number of hydrogen-bond acceptors (Lipinski definition) is 6. The van der Waals surface area contributed by atoms with Gasteiger partial charge in [-0.15, -0.1) is 0 Å². The maximum atomic E-state index is 13.0. The number of benzene rings is 2. The number of carbonyl (C=O) groups excluding carboxylic acids is 2. The molecule has 0 aromatic heterocycles. The lowest BCUT2D eigenvalue weighted by Crippen LogP contribution is -2.45. The van der Waals surface area contributed by atoms with E-state index in [-0.39, 0.29) is 16.9 Å². The topological polar surface area (TPSA) is 144 Å². The first-order chi connectivity index (χ1) is 16.8. The van der Waals surface area contributed by atoms with Gasteiger partial charge in [-0.2, -0.15) is 17.9 Å². The van der Waals surface area contributed by atoms with Crippen molar-refractivity contribution in [3.05, 3.63) is 71.3 Å². The molecule has 14 heteroatoms. The highest BCUT2D eigenvalue weighted by Crippen LogP contribution is 2.35. The number of amides is 2. The van der Waals surface area contributed by atoms with Crippen LogP contribution in [-0.2, 0) is 42.2 Å². The number of carbonyl (C=O) groups is 2. The van der Waals surface area contributed by atoms with Crippen molar-refractivity contribution >= 4 is 36.8 Å². The minimum atomic E-state index is -4.77. The second kappa shape index (κ2) is 9.58. The minimum absolute atomic E-state index is 0.198. The van der Waals surface area contributed by atoms with Crippen LogP contribution in [0.4, 0.5) is 13.2 Å². The third-order valence-electron chi connectivity index (χ3n) is 5.37. The van der Waals surface area contributed by atoms with Crippen molar-refractivity contribution in [3.63, 3.8) is 0 Å². The van der Waals surface area contributed by atoms with Gasteiger partial charge in [-0.05, 0) is 56.5 Å². The van der Waals surface area contributed by atoms with E-state index in [1.54, 1.807) is 20.8 Å². The Morgan fingerprint density at radius 2 is 1.68 bits per heavy atom. The van der Waals surface area contributed by atoms with E-state index in [2.05, 4.69) is 0 Å². The molecule has 200 valence electrons. The molecule has 1 heterocycles. The second-order valence-electron chi connectivity index (χ2n) is 9.29.